The van der Waals surface area contributed by atoms with E-state index in [-0.39, 0.29) is 28.5 Å². The summed E-state index contributed by atoms with van der Waals surface area (Å²) in [6.07, 6.45) is 3.84. The van der Waals surface area contributed by atoms with E-state index in [9.17, 15) is 23.1 Å². The van der Waals surface area contributed by atoms with Gasteiger partial charge in [-0.25, -0.2) is 23.1 Å². The van der Waals surface area contributed by atoms with E-state index in [1.165, 1.54) is 12.1 Å². The van der Waals surface area contributed by atoms with Crippen molar-refractivity contribution < 1.29 is 27.8 Å². The highest BCUT2D eigenvalue weighted by molar-refractivity contribution is 5.80. The lowest BCUT2D eigenvalue weighted by molar-refractivity contribution is -0.150. The number of nitrogens with zero attached hydrogens (tertiary/aromatic N) is 2. The molecule has 0 bridgehead atoms. The lowest BCUT2D eigenvalue weighted by atomic mass is 9.75. The summed E-state index contributed by atoms with van der Waals surface area (Å²) in [7, 11) is 0. The highest BCUT2D eigenvalue weighted by atomic mass is 19.1. The Kier molecular flexibility index (Phi) is 5.70. The van der Waals surface area contributed by atoms with Crippen LogP contribution in [0.2, 0.25) is 0 Å². The predicted octanol–water partition coefficient (Wildman–Crippen LogP) is 6.12. The van der Waals surface area contributed by atoms with Crippen molar-refractivity contribution in [2.75, 3.05) is 0 Å². The third kappa shape index (κ3) is 4.45. The second-order valence-electron chi connectivity index (χ2n) is 9.13. The fraction of sp³-hybridized carbons (Fsp3) is 0.269. The van der Waals surface area contributed by atoms with E-state index in [1.54, 1.807) is 31.3 Å². The molecule has 1 fully saturated rings. The fourth-order valence-corrected chi connectivity index (χ4v) is 4.41. The fourth-order valence-electron chi connectivity index (χ4n) is 4.41. The van der Waals surface area contributed by atoms with Crippen LogP contribution in [-0.4, -0.2) is 32.1 Å². The molecule has 1 aliphatic rings. The average Bonchev–Trinajstić information content (AvgIpc) is 3.25. The number of carboxylic acid groups (broad SMARTS) is 1. The molecule has 0 aliphatic heterocycles. The Morgan fingerprint density at radius 3 is 2.46 bits per heavy atom. The summed E-state index contributed by atoms with van der Waals surface area (Å²) in [6, 6.07) is 9.83. The van der Waals surface area contributed by atoms with Crippen molar-refractivity contribution in [2.24, 2.45) is 5.41 Å². The number of carbonyl (C=O) groups is 1. The molecule has 0 atom stereocenters. The summed E-state index contributed by atoms with van der Waals surface area (Å²) in [4.78, 5) is 22.5. The zero-order chi connectivity index (χ0) is 24.7. The Bertz CT molecular complexity index is 1410. The second kappa shape index (κ2) is 8.72. The van der Waals surface area contributed by atoms with Gasteiger partial charge in [-0.05, 0) is 62.4 Å². The monoisotopic (exact) mass is 481 g/mol. The number of benzene rings is 2. The van der Waals surface area contributed by atoms with Crippen molar-refractivity contribution in [1.29, 1.82) is 0 Å². The third-order valence-corrected chi connectivity index (χ3v) is 6.64. The quantitative estimate of drug-likeness (QED) is 0.359. The molecule has 1 aliphatic carbocycles. The maximum atomic E-state index is 14.9. The van der Waals surface area contributed by atoms with E-state index in [0.717, 1.165) is 12.1 Å². The molecule has 35 heavy (non-hydrogen) atoms. The Balaban J connectivity index is 1.30. The molecule has 0 unspecified atom stereocenters. The first kappa shape index (κ1) is 22.9. The highest BCUT2D eigenvalue weighted by Gasteiger charge is 2.38. The van der Waals surface area contributed by atoms with Crippen LogP contribution in [0.15, 0.2) is 48.7 Å². The molecule has 0 amide bonds. The molecule has 0 spiro atoms. The summed E-state index contributed by atoms with van der Waals surface area (Å²) in [6.45, 7) is 1.76. The van der Waals surface area contributed by atoms with Gasteiger partial charge in [0.05, 0.1) is 16.5 Å². The van der Waals surface area contributed by atoms with Gasteiger partial charge in [-0.3, -0.25) is 4.79 Å². The number of fused-ring (bicyclic) bond motifs is 1. The molecule has 4 aromatic rings. The van der Waals surface area contributed by atoms with Crippen LogP contribution in [0.4, 0.5) is 13.2 Å². The third-order valence-electron chi connectivity index (χ3n) is 6.64. The minimum Gasteiger partial charge on any atom is -0.481 e. The van der Waals surface area contributed by atoms with Crippen molar-refractivity contribution in [2.45, 2.75) is 38.7 Å². The van der Waals surface area contributed by atoms with Crippen LogP contribution in [0.1, 0.15) is 32.6 Å². The second-order valence-corrected chi connectivity index (χ2v) is 9.13. The normalized spacial score (nSPS) is 20.2. The summed E-state index contributed by atoms with van der Waals surface area (Å²) in [5, 5.41) is 9.35. The number of aromatic amines is 1. The van der Waals surface area contributed by atoms with Crippen molar-refractivity contribution in [1.82, 2.24) is 15.0 Å². The van der Waals surface area contributed by atoms with Crippen LogP contribution in [0.5, 0.6) is 5.88 Å². The van der Waals surface area contributed by atoms with E-state index in [1.807, 2.05) is 0 Å². The molecule has 1 saturated carbocycles. The number of imidazole rings is 1. The minimum absolute atomic E-state index is 0.0600. The number of hydrogen-bond acceptors (Lipinski definition) is 4. The molecule has 9 heteroatoms. The van der Waals surface area contributed by atoms with Crippen molar-refractivity contribution in [3.05, 3.63) is 66.1 Å². The molecule has 6 nitrogen and oxygen atoms in total. The van der Waals surface area contributed by atoms with Crippen LogP contribution in [0.25, 0.3) is 33.5 Å². The lowest BCUT2D eigenvalue weighted by Crippen LogP contribution is -2.36. The first-order valence-corrected chi connectivity index (χ1v) is 11.2. The maximum Gasteiger partial charge on any atom is 0.309 e. The van der Waals surface area contributed by atoms with Gasteiger partial charge in [0.15, 0.2) is 5.82 Å². The number of carboxylic acids is 1. The number of pyridine rings is 1. The minimum atomic E-state index is -0.822. The van der Waals surface area contributed by atoms with Crippen LogP contribution in [0, 0.1) is 22.9 Å². The zero-order valence-corrected chi connectivity index (χ0v) is 18.8. The van der Waals surface area contributed by atoms with Gasteiger partial charge in [0.1, 0.15) is 29.1 Å². The predicted molar refractivity (Wildman–Crippen MR) is 123 cm³/mol. The Hall–Kier alpha value is -3.88. The van der Waals surface area contributed by atoms with Gasteiger partial charge >= 0.3 is 5.97 Å². The van der Waals surface area contributed by atoms with Crippen LogP contribution >= 0.6 is 0 Å². The topological polar surface area (TPSA) is 88.1 Å². The number of hydrogen-bond donors (Lipinski definition) is 2. The Morgan fingerprint density at radius 1 is 1.06 bits per heavy atom. The van der Waals surface area contributed by atoms with Crippen molar-refractivity contribution in [3.63, 3.8) is 0 Å². The number of rotatable bonds is 5. The summed E-state index contributed by atoms with van der Waals surface area (Å²) < 4.78 is 48.2. The van der Waals surface area contributed by atoms with Crippen LogP contribution in [-0.2, 0) is 4.79 Å². The molecule has 180 valence electrons. The number of H-pyrrole nitrogens is 1. The summed E-state index contributed by atoms with van der Waals surface area (Å²) in [5.41, 5.74) is 0.751. The molecule has 5 rings (SSSR count). The maximum absolute atomic E-state index is 14.9. The molecule has 2 aromatic heterocycles. The van der Waals surface area contributed by atoms with Gasteiger partial charge in [-0.15, -0.1) is 0 Å². The van der Waals surface area contributed by atoms with Gasteiger partial charge in [-0.1, -0.05) is 6.07 Å². The molecular formula is C26H22F3N3O3. The standard InChI is InChI=1S/C26H22F3N3O3/c1-26(25(33)34)8-6-17(7-9-26)35-22-5-3-15(13-30-22)14-2-4-18(19(28)10-14)24-31-21-12-16(27)11-20(29)23(21)32-24/h2-5,10-13,17H,6-9H2,1H3,(H,31,32)(H,33,34)/t17-,26+. The molecule has 2 heterocycles. The SMILES string of the molecule is C[C@]1(C(=O)O)CC[C@@H](Oc2ccc(-c3ccc(-c4nc5c(F)cc(F)cc5[nH]4)c(F)c3)cn2)CC1. The molecule has 0 radical (unpaired) electrons. The van der Waals surface area contributed by atoms with Crippen LogP contribution < -0.4 is 4.74 Å². The Morgan fingerprint density at radius 2 is 1.80 bits per heavy atom. The van der Waals surface area contributed by atoms with Gasteiger partial charge in [-0.2, -0.15) is 0 Å². The average molecular weight is 481 g/mol. The van der Waals surface area contributed by atoms with Gasteiger partial charge in [0, 0.05) is 23.9 Å². The van der Waals surface area contributed by atoms with E-state index in [4.69, 9.17) is 4.74 Å². The number of nitrogens with one attached hydrogen (secondary N) is 1. The van der Waals surface area contributed by atoms with Crippen molar-refractivity contribution in [3.8, 4) is 28.4 Å². The van der Waals surface area contributed by atoms with E-state index in [0.29, 0.717) is 42.7 Å². The molecular weight excluding hydrogens is 459 g/mol. The highest BCUT2D eigenvalue weighted by Crippen LogP contribution is 2.37. The molecule has 0 saturated heterocycles. The lowest BCUT2D eigenvalue weighted by Gasteiger charge is -2.33. The van der Waals surface area contributed by atoms with E-state index >= 15 is 0 Å². The van der Waals surface area contributed by atoms with E-state index in [2.05, 4.69) is 15.0 Å². The molecule has 2 N–H and O–H groups in total. The van der Waals surface area contributed by atoms with Gasteiger partial charge in [0.2, 0.25) is 5.88 Å². The number of aliphatic carboxylic acids is 1. The van der Waals surface area contributed by atoms with Crippen LogP contribution in [0.3, 0.4) is 0 Å². The van der Waals surface area contributed by atoms with Crippen molar-refractivity contribution >= 4 is 17.0 Å². The summed E-state index contributed by atoms with van der Waals surface area (Å²) >= 11 is 0. The first-order valence-electron chi connectivity index (χ1n) is 11.2. The largest absolute Gasteiger partial charge is 0.481 e. The number of halogens is 3. The Labute approximate surface area is 198 Å². The zero-order valence-electron chi connectivity index (χ0n) is 18.8. The van der Waals surface area contributed by atoms with Gasteiger partial charge in [0.25, 0.3) is 0 Å². The smallest absolute Gasteiger partial charge is 0.309 e. The van der Waals surface area contributed by atoms with Gasteiger partial charge < -0.3 is 14.8 Å². The first-order chi connectivity index (χ1) is 16.7. The van der Waals surface area contributed by atoms with E-state index < -0.39 is 28.8 Å². The summed E-state index contributed by atoms with van der Waals surface area (Å²) in [5.74, 6) is -2.40. The number of ether oxygens (including phenoxy) is 1. The number of aromatic nitrogens is 3. The molecule has 2 aromatic carbocycles.